The van der Waals surface area contributed by atoms with Gasteiger partial charge >= 0.3 is 12.2 Å². The van der Waals surface area contributed by atoms with Crippen molar-refractivity contribution < 1.29 is 27.5 Å². The molecule has 0 spiro atoms. The minimum Gasteiger partial charge on any atom is -0.394 e. The number of halogens is 4. The van der Waals surface area contributed by atoms with Crippen LogP contribution in [0.3, 0.4) is 0 Å². The van der Waals surface area contributed by atoms with Crippen LogP contribution in [-0.4, -0.2) is 84.6 Å². The quantitative estimate of drug-likeness (QED) is 0.346. The number of pyridine rings is 1. The highest BCUT2D eigenvalue weighted by Crippen LogP contribution is 2.44. The van der Waals surface area contributed by atoms with Gasteiger partial charge < -0.3 is 20.2 Å². The highest BCUT2D eigenvalue weighted by molar-refractivity contribution is 5.96. The molecule has 4 heterocycles. The maximum absolute atomic E-state index is 14.8. The van der Waals surface area contributed by atoms with Crippen LogP contribution in [0.2, 0.25) is 0 Å². The number of aliphatic hydroxyl groups is 1. The molecule has 2 amide bonds. The zero-order valence-corrected chi connectivity index (χ0v) is 21.4. The van der Waals surface area contributed by atoms with E-state index in [1.807, 2.05) is 6.92 Å². The molecule has 210 valence electrons. The number of nitrogens with one attached hydrogen (secondary N) is 2. The molecule has 3 N–H and O–H groups in total. The Morgan fingerprint density at radius 2 is 2.00 bits per heavy atom. The van der Waals surface area contributed by atoms with Gasteiger partial charge in [-0.1, -0.05) is 6.92 Å². The number of H-pyrrole nitrogens is 1. The van der Waals surface area contributed by atoms with Gasteiger partial charge in [0.2, 0.25) is 0 Å². The van der Waals surface area contributed by atoms with E-state index >= 15 is 0 Å². The number of carbonyl (C=O) groups is 1. The Morgan fingerprint density at radius 3 is 2.62 bits per heavy atom. The molecule has 6 rings (SSSR count). The molecule has 14 heteroatoms. The Labute approximate surface area is 221 Å². The molecule has 3 fully saturated rings. The average molecular weight is 551 g/mol. The maximum Gasteiger partial charge on any atom is 0.395 e. The van der Waals surface area contributed by atoms with Gasteiger partial charge in [0.15, 0.2) is 5.82 Å². The Balaban J connectivity index is 1.30. The van der Waals surface area contributed by atoms with Crippen molar-refractivity contribution in [1.82, 2.24) is 29.9 Å². The molecule has 1 aliphatic heterocycles. The molecule has 3 aliphatic rings. The molecule has 10 nitrogen and oxygen atoms in total. The van der Waals surface area contributed by atoms with E-state index in [9.17, 15) is 27.5 Å². The number of rotatable bonds is 9. The van der Waals surface area contributed by atoms with Crippen molar-refractivity contribution >= 4 is 28.4 Å². The normalized spacial score (nSPS) is 19.7. The van der Waals surface area contributed by atoms with Crippen molar-refractivity contribution in [1.29, 1.82) is 0 Å². The number of aromatic nitrogens is 5. The summed E-state index contributed by atoms with van der Waals surface area (Å²) >= 11 is 0. The van der Waals surface area contributed by atoms with Gasteiger partial charge in [0.05, 0.1) is 53.1 Å². The van der Waals surface area contributed by atoms with Crippen molar-refractivity contribution in [3.63, 3.8) is 0 Å². The lowest BCUT2D eigenvalue weighted by atomic mass is 9.99. The van der Waals surface area contributed by atoms with Gasteiger partial charge in [0, 0.05) is 25.8 Å². The van der Waals surface area contributed by atoms with Crippen molar-refractivity contribution in [2.45, 2.75) is 63.0 Å². The van der Waals surface area contributed by atoms with Crippen LogP contribution in [-0.2, 0) is 6.54 Å². The first-order chi connectivity index (χ1) is 18.6. The number of aromatic amines is 1. The second kappa shape index (κ2) is 9.07. The number of anilines is 2. The molecule has 0 bridgehead atoms. The maximum atomic E-state index is 14.8. The van der Waals surface area contributed by atoms with E-state index in [-0.39, 0.29) is 32.3 Å². The molecule has 2 aliphatic carbocycles. The van der Waals surface area contributed by atoms with E-state index in [1.54, 1.807) is 11.0 Å². The van der Waals surface area contributed by atoms with E-state index in [0.717, 1.165) is 19.3 Å². The standard InChI is InChI=1S/C25H30F4N8O2/c1-2-7-36(24(14-38)5-6-24)22(39)32-18-10-31-33-20(18)17-8-19-16(9-30-17)21(34-37(19)13-23(26)3-4-23)35-11-15(12-35)25(27,28)29/h8-10,15,38H,2-7,11-14H2,1H3,(H,31,33)(H,32,39). The number of hydrogen-bond donors (Lipinski definition) is 3. The summed E-state index contributed by atoms with van der Waals surface area (Å²) in [5.74, 6) is -1.08. The first kappa shape index (κ1) is 25.8. The number of fused-ring (bicyclic) bond motifs is 1. The Bertz CT molecular complexity index is 1390. The molecule has 39 heavy (non-hydrogen) atoms. The number of alkyl halides is 4. The summed E-state index contributed by atoms with van der Waals surface area (Å²) in [5, 5.41) is 24.7. The van der Waals surface area contributed by atoms with Crippen molar-refractivity contribution in [3.8, 4) is 11.4 Å². The van der Waals surface area contributed by atoms with Crippen LogP contribution in [0.25, 0.3) is 22.3 Å². The average Bonchev–Trinajstić information content (AvgIpc) is 3.72. The van der Waals surface area contributed by atoms with Gasteiger partial charge in [0.25, 0.3) is 0 Å². The van der Waals surface area contributed by atoms with Crippen LogP contribution in [0, 0.1) is 5.92 Å². The lowest BCUT2D eigenvalue weighted by Gasteiger charge is -2.40. The van der Waals surface area contributed by atoms with E-state index in [4.69, 9.17) is 0 Å². The van der Waals surface area contributed by atoms with Gasteiger partial charge in [-0.25, -0.2) is 9.18 Å². The van der Waals surface area contributed by atoms with Crippen molar-refractivity contribution in [2.24, 2.45) is 5.92 Å². The highest BCUT2D eigenvalue weighted by Gasteiger charge is 2.50. The van der Waals surface area contributed by atoms with E-state index in [0.29, 0.717) is 53.2 Å². The number of amides is 2. The summed E-state index contributed by atoms with van der Waals surface area (Å²) in [6.07, 6.45) is 1.71. The first-order valence-corrected chi connectivity index (χ1v) is 13.2. The van der Waals surface area contributed by atoms with Crippen LogP contribution >= 0.6 is 0 Å². The fourth-order valence-corrected chi connectivity index (χ4v) is 5.16. The smallest absolute Gasteiger partial charge is 0.394 e. The van der Waals surface area contributed by atoms with Crippen LogP contribution in [0.4, 0.5) is 33.9 Å². The second-order valence-corrected chi connectivity index (χ2v) is 11.0. The minimum atomic E-state index is -4.28. The molecule has 0 atom stereocenters. The van der Waals surface area contributed by atoms with E-state index < -0.39 is 23.3 Å². The molecule has 3 aromatic rings. The molecular formula is C25H30F4N8O2. The van der Waals surface area contributed by atoms with Gasteiger partial charge in [-0.2, -0.15) is 23.4 Å². The zero-order valence-electron chi connectivity index (χ0n) is 21.4. The molecule has 0 unspecified atom stereocenters. The Kier molecular flexibility index (Phi) is 6.01. The summed E-state index contributed by atoms with van der Waals surface area (Å²) in [7, 11) is 0. The minimum absolute atomic E-state index is 0.00865. The molecule has 0 aromatic carbocycles. The van der Waals surface area contributed by atoms with Gasteiger partial charge in [-0.3, -0.25) is 14.8 Å². The Morgan fingerprint density at radius 1 is 1.26 bits per heavy atom. The summed E-state index contributed by atoms with van der Waals surface area (Å²) in [5.41, 5.74) is -0.179. The predicted molar refractivity (Wildman–Crippen MR) is 135 cm³/mol. The van der Waals surface area contributed by atoms with Crippen LogP contribution in [0.5, 0.6) is 0 Å². The largest absolute Gasteiger partial charge is 0.395 e. The van der Waals surface area contributed by atoms with Gasteiger partial charge in [-0.15, -0.1) is 0 Å². The number of urea groups is 1. The van der Waals surface area contributed by atoms with Crippen LogP contribution in [0.15, 0.2) is 18.5 Å². The lowest BCUT2D eigenvalue weighted by Crippen LogP contribution is -2.53. The molecule has 2 saturated carbocycles. The van der Waals surface area contributed by atoms with Crippen LogP contribution in [0.1, 0.15) is 39.0 Å². The fraction of sp³-hybridized carbons (Fsp3) is 0.600. The second-order valence-electron chi connectivity index (χ2n) is 11.0. The SMILES string of the molecule is CCCN(C(=O)Nc1cn[nH]c1-c1cc2c(cn1)c(N1CC(C(F)(F)F)C1)nn2CC1(F)CC1)C1(CO)CC1. The number of carbonyl (C=O) groups excluding carboxylic acids is 1. The lowest BCUT2D eigenvalue weighted by molar-refractivity contribution is -0.180. The van der Waals surface area contributed by atoms with Gasteiger partial charge in [-0.05, 0) is 38.2 Å². The molecule has 0 radical (unpaired) electrons. The number of nitrogens with zero attached hydrogens (tertiary/aromatic N) is 6. The van der Waals surface area contributed by atoms with Crippen LogP contribution < -0.4 is 10.2 Å². The number of aliphatic hydroxyl groups excluding tert-OH is 1. The van der Waals surface area contributed by atoms with Crippen molar-refractivity contribution in [2.75, 3.05) is 36.5 Å². The summed E-state index contributed by atoms with van der Waals surface area (Å²) in [4.78, 5) is 20.9. The predicted octanol–water partition coefficient (Wildman–Crippen LogP) is 4.09. The highest BCUT2D eigenvalue weighted by atomic mass is 19.4. The third-order valence-corrected chi connectivity index (χ3v) is 8.01. The molecule has 3 aromatic heterocycles. The fourth-order valence-electron chi connectivity index (χ4n) is 5.16. The summed E-state index contributed by atoms with van der Waals surface area (Å²) in [6, 6.07) is 1.33. The zero-order chi connectivity index (χ0) is 27.6. The van der Waals surface area contributed by atoms with E-state index in [2.05, 4.69) is 25.6 Å². The summed E-state index contributed by atoms with van der Waals surface area (Å²) in [6.45, 7) is 1.91. The van der Waals surface area contributed by atoms with E-state index in [1.165, 1.54) is 22.0 Å². The first-order valence-electron chi connectivity index (χ1n) is 13.2. The number of hydrogen-bond acceptors (Lipinski definition) is 6. The molecule has 1 saturated heterocycles. The summed E-state index contributed by atoms with van der Waals surface area (Å²) < 4.78 is 55.5. The topological polar surface area (TPSA) is 115 Å². The third kappa shape index (κ3) is 4.68. The third-order valence-electron chi connectivity index (χ3n) is 8.01. The Hall–Kier alpha value is -3.42. The molecular weight excluding hydrogens is 520 g/mol. The van der Waals surface area contributed by atoms with Gasteiger partial charge in [0.1, 0.15) is 11.4 Å². The van der Waals surface area contributed by atoms with Crippen molar-refractivity contribution in [3.05, 3.63) is 18.5 Å². The monoisotopic (exact) mass is 550 g/mol.